The van der Waals surface area contributed by atoms with E-state index in [0.29, 0.717) is 21.7 Å². The third kappa shape index (κ3) is 2.30. The van der Waals surface area contributed by atoms with Gasteiger partial charge in [0.1, 0.15) is 21.8 Å². The van der Waals surface area contributed by atoms with Crippen LogP contribution < -0.4 is 10.5 Å². The molecule has 1 atom stereocenters. The Morgan fingerprint density at radius 1 is 1.50 bits per heavy atom. The summed E-state index contributed by atoms with van der Waals surface area (Å²) in [6.45, 7) is 2.14. The molecule has 2 heterocycles. The summed E-state index contributed by atoms with van der Waals surface area (Å²) in [4.78, 5) is 19.1. The van der Waals surface area contributed by atoms with Gasteiger partial charge >= 0.3 is 0 Å². The molecular formula is C16H17BrN4O. The lowest BCUT2D eigenvalue weighted by atomic mass is 10.1. The Kier molecular flexibility index (Phi) is 3.69. The van der Waals surface area contributed by atoms with Crippen LogP contribution in [0.2, 0.25) is 0 Å². The van der Waals surface area contributed by atoms with Gasteiger partial charge < -0.3 is 9.47 Å². The summed E-state index contributed by atoms with van der Waals surface area (Å²) in [7, 11) is 3.62. The van der Waals surface area contributed by atoms with Crippen LogP contribution in [0, 0.1) is 17.2 Å². The average molecular weight is 361 g/mol. The first-order valence-corrected chi connectivity index (χ1v) is 8.07. The number of hydrogen-bond acceptors (Lipinski definition) is 4. The first-order chi connectivity index (χ1) is 10.5. The molecule has 0 spiro atoms. The number of nitrogens with zero attached hydrogens (tertiary/aromatic N) is 4. The van der Waals surface area contributed by atoms with E-state index < -0.39 is 0 Å². The predicted molar refractivity (Wildman–Crippen MR) is 90.0 cm³/mol. The Morgan fingerprint density at radius 3 is 2.77 bits per heavy atom. The largest absolute Gasteiger partial charge is 0.369 e. The monoisotopic (exact) mass is 360 g/mol. The van der Waals surface area contributed by atoms with Crippen molar-refractivity contribution in [3.63, 3.8) is 0 Å². The molecule has 3 rings (SSSR count). The lowest BCUT2D eigenvalue weighted by Gasteiger charge is -2.28. The Labute approximate surface area is 137 Å². The molecule has 1 fully saturated rings. The summed E-state index contributed by atoms with van der Waals surface area (Å²) < 4.78 is 2.18. The molecule has 0 aliphatic heterocycles. The summed E-state index contributed by atoms with van der Waals surface area (Å²) in [5, 5.41) is 9.51. The zero-order chi connectivity index (χ0) is 16.0. The summed E-state index contributed by atoms with van der Waals surface area (Å²) in [5.41, 5.74) is 1.95. The highest BCUT2D eigenvalue weighted by molar-refractivity contribution is 9.10. The van der Waals surface area contributed by atoms with E-state index in [-0.39, 0.29) is 17.2 Å². The molecule has 0 saturated heterocycles. The van der Waals surface area contributed by atoms with Gasteiger partial charge in [-0.1, -0.05) is 0 Å². The van der Waals surface area contributed by atoms with E-state index in [4.69, 9.17) is 0 Å². The molecule has 114 valence electrons. The second kappa shape index (κ2) is 5.40. The fourth-order valence-corrected chi connectivity index (χ4v) is 3.22. The van der Waals surface area contributed by atoms with E-state index in [9.17, 15) is 10.1 Å². The van der Waals surface area contributed by atoms with Gasteiger partial charge in [0.15, 0.2) is 0 Å². The van der Waals surface area contributed by atoms with Gasteiger partial charge in [0.25, 0.3) is 5.56 Å². The normalized spacial score (nSPS) is 15.6. The van der Waals surface area contributed by atoms with Crippen LogP contribution in [0.25, 0.3) is 11.0 Å². The Morgan fingerprint density at radius 2 is 2.18 bits per heavy atom. The van der Waals surface area contributed by atoms with Crippen molar-refractivity contribution in [1.82, 2.24) is 9.55 Å². The number of fused-ring (bicyclic) bond motifs is 1. The number of nitriles is 1. The second-order valence-electron chi connectivity index (χ2n) is 5.89. The molecule has 2 aromatic heterocycles. The number of pyridine rings is 2. The van der Waals surface area contributed by atoms with Gasteiger partial charge in [0.05, 0.1) is 11.2 Å². The molecule has 0 bridgehead atoms. The predicted octanol–water partition coefficient (Wildman–Crippen LogP) is 2.80. The van der Waals surface area contributed by atoms with Crippen LogP contribution in [-0.2, 0) is 7.05 Å². The van der Waals surface area contributed by atoms with Gasteiger partial charge in [0.2, 0.25) is 0 Å². The first-order valence-electron chi connectivity index (χ1n) is 7.28. The maximum atomic E-state index is 12.5. The van der Waals surface area contributed by atoms with Crippen molar-refractivity contribution in [2.45, 2.75) is 25.8 Å². The van der Waals surface area contributed by atoms with E-state index in [2.05, 4.69) is 33.9 Å². The van der Waals surface area contributed by atoms with Gasteiger partial charge in [-0.15, -0.1) is 0 Å². The van der Waals surface area contributed by atoms with Gasteiger partial charge in [-0.3, -0.25) is 4.79 Å². The molecule has 0 N–H and O–H groups in total. The molecule has 6 heteroatoms. The van der Waals surface area contributed by atoms with Crippen molar-refractivity contribution in [1.29, 1.82) is 5.26 Å². The van der Waals surface area contributed by atoms with Gasteiger partial charge in [0, 0.05) is 20.1 Å². The maximum absolute atomic E-state index is 12.5. The molecule has 0 aromatic carbocycles. The molecule has 22 heavy (non-hydrogen) atoms. The average Bonchev–Trinajstić information content (AvgIpc) is 3.33. The standard InChI is InChI=1S/C16H17BrN4O/c1-9(10-4-5-10)20(2)15-11(8-18)16(22)21(3)12-6-7-13(17)19-14(12)15/h6-7,9-10H,4-5H2,1-3H3. The molecule has 1 aliphatic carbocycles. The van der Waals surface area contributed by atoms with Crippen LogP contribution in [0.15, 0.2) is 21.5 Å². The van der Waals surface area contributed by atoms with E-state index in [0.717, 1.165) is 5.52 Å². The van der Waals surface area contributed by atoms with Crippen LogP contribution in [0.4, 0.5) is 5.69 Å². The van der Waals surface area contributed by atoms with Gasteiger partial charge in [-0.25, -0.2) is 4.98 Å². The van der Waals surface area contributed by atoms with Gasteiger partial charge in [-0.2, -0.15) is 5.26 Å². The van der Waals surface area contributed by atoms with Crippen LogP contribution in [-0.4, -0.2) is 22.6 Å². The SMILES string of the molecule is CC(C1CC1)N(C)c1c(C#N)c(=O)n(C)c2ccc(Br)nc12. The fraction of sp³-hybridized carbons (Fsp3) is 0.438. The minimum absolute atomic E-state index is 0.163. The third-order valence-electron chi connectivity index (χ3n) is 4.56. The minimum Gasteiger partial charge on any atom is -0.369 e. The van der Waals surface area contributed by atoms with E-state index in [1.165, 1.54) is 17.4 Å². The van der Waals surface area contributed by atoms with E-state index >= 15 is 0 Å². The number of anilines is 1. The summed E-state index contributed by atoms with van der Waals surface area (Å²) in [6, 6.07) is 6.02. The van der Waals surface area contributed by atoms with Crippen molar-refractivity contribution >= 4 is 32.7 Å². The van der Waals surface area contributed by atoms with Crippen molar-refractivity contribution in [2.75, 3.05) is 11.9 Å². The molecule has 2 aromatic rings. The fourth-order valence-electron chi connectivity index (χ4n) is 2.91. The summed E-state index contributed by atoms with van der Waals surface area (Å²) >= 11 is 3.38. The van der Waals surface area contributed by atoms with Crippen LogP contribution in [0.5, 0.6) is 0 Å². The first kappa shape index (κ1) is 15.0. The van der Waals surface area contributed by atoms with Crippen LogP contribution in [0.1, 0.15) is 25.3 Å². The highest BCUT2D eigenvalue weighted by atomic mass is 79.9. The molecule has 1 saturated carbocycles. The smallest absolute Gasteiger partial charge is 0.270 e. The Hall–Kier alpha value is -1.87. The molecule has 5 nitrogen and oxygen atoms in total. The second-order valence-corrected chi connectivity index (χ2v) is 6.70. The maximum Gasteiger partial charge on any atom is 0.270 e. The molecule has 0 radical (unpaired) electrons. The van der Waals surface area contributed by atoms with Crippen LogP contribution >= 0.6 is 15.9 Å². The topological polar surface area (TPSA) is 61.9 Å². The summed E-state index contributed by atoms with van der Waals surface area (Å²) in [6.07, 6.45) is 2.40. The lowest BCUT2D eigenvalue weighted by Crippen LogP contribution is -2.34. The molecule has 1 unspecified atom stereocenters. The van der Waals surface area contributed by atoms with Gasteiger partial charge in [-0.05, 0) is 53.7 Å². The zero-order valence-corrected chi connectivity index (χ0v) is 14.4. The van der Waals surface area contributed by atoms with Crippen molar-refractivity contribution < 1.29 is 0 Å². The quantitative estimate of drug-likeness (QED) is 0.789. The van der Waals surface area contributed by atoms with Crippen molar-refractivity contribution in [2.24, 2.45) is 13.0 Å². The highest BCUT2D eigenvalue weighted by Gasteiger charge is 2.33. The number of aromatic nitrogens is 2. The van der Waals surface area contributed by atoms with E-state index in [1.54, 1.807) is 7.05 Å². The van der Waals surface area contributed by atoms with Crippen LogP contribution in [0.3, 0.4) is 0 Å². The number of rotatable bonds is 3. The highest BCUT2D eigenvalue weighted by Crippen LogP contribution is 2.38. The molecule has 1 aliphatic rings. The minimum atomic E-state index is -0.274. The van der Waals surface area contributed by atoms with Crippen molar-refractivity contribution in [3.05, 3.63) is 32.7 Å². The zero-order valence-electron chi connectivity index (χ0n) is 12.8. The Bertz CT molecular complexity index is 848. The van der Waals surface area contributed by atoms with E-state index in [1.807, 2.05) is 24.1 Å². The summed E-state index contributed by atoms with van der Waals surface area (Å²) in [5.74, 6) is 0.628. The number of hydrogen-bond donors (Lipinski definition) is 0. The third-order valence-corrected chi connectivity index (χ3v) is 5.00. The number of halogens is 1. The number of aryl methyl sites for hydroxylation is 1. The Balaban J connectivity index is 2.35. The molecule has 0 amide bonds. The lowest BCUT2D eigenvalue weighted by molar-refractivity contribution is 0.609. The van der Waals surface area contributed by atoms with Crippen molar-refractivity contribution in [3.8, 4) is 6.07 Å². The molecular weight excluding hydrogens is 344 g/mol.